The molecular formula is C27H21F4N5O3. The van der Waals surface area contributed by atoms with Crippen molar-refractivity contribution in [3.63, 3.8) is 0 Å². The predicted octanol–water partition coefficient (Wildman–Crippen LogP) is 4.23. The number of nitrogens with two attached hydrogens (primary N) is 1. The second-order valence-corrected chi connectivity index (χ2v) is 8.82. The van der Waals surface area contributed by atoms with Crippen LogP contribution >= 0.6 is 0 Å². The number of hydrogen-bond donors (Lipinski definition) is 2. The molecule has 200 valence electrons. The fourth-order valence-electron chi connectivity index (χ4n) is 4.36. The van der Waals surface area contributed by atoms with Crippen molar-refractivity contribution in [2.24, 2.45) is 16.6 Å². The summed E-state index contributed by atoms with van der Waals surface area (Å²) in [6.45, 7) is 1.26. The highest BCUT2D eigenvalue weighted by Crippen LogP contribution is 2.33. The van der Waals surface area contributed by atoms with E-state index in [1.54, 1.807) is 12.1 Å². The number of fused-ring (bicyclic) bond motifs is 1. The average molecular weight is 539 g/mol. The van der Waals surface area contributed by atoms with Crippen molar-refractivity contribution in [2.75, 3.05) is 13.7 Å². The van der Waals surface area contributed by atoms with E-state index in [1.165, 1.54) is 26.2 Å². The first kappa shape index (κ1) is 27.3. The number of dihydropyridines is 1. The van der Waals surface area contributed by atoms with Crippen molar-refractivity contribution < 1.29 is 31.9 Å². The van der Waals surface area contributed by atoms with E-state index in [9.17, 15) is 27.2 Å². The number of primary amides is 1. The number of nitriles is 1. The molecule has 0 radical (unpaired) electrons. The monoisotopic (exact) mass is 539 g/mol. The summed E-state index contributed by atoms with van der Waals surface area (Å²) in [5, 5.41) is 11.6. The second kappa shape index (κ2) is 10.5. The number of methoxy groups -OCH3 is 1. The molecule has 8 nitrogen and oxygen atoms in total. The molecule has 1 aliphatic heterocycles. The molecule has 2 heterocycles. The van der Waals surface area contributed by atoms with Crippen molar-refractivity contribution in [1.29, 1.82) is 5.26 Å². The Hall–Kier alpha value is -4.79. The Balaban J connectivity index is 1.76. The molecule has 0 bridgehead atoms. The summed E-state index contributed by atoms with van der Waals surface area (Å²) in [4.78, 5) is 32.8. The number of benzene rings is 2. The largest absolute Gasteiger partial charge is 0.496 e. The van der Waals surface area contributed by atoms with Gasteiger partial charge in [-0.15, -0.1) is 0 Å². The number of aromatic nitrogens is 1. The lowest BCUT2D eigenvalue weighted by Crippen LogP contribution is -2.40. The summed E-state index contributed by atoms with van der Waals surface area (Å²) in [6.07, 6.45) is -4.65. The Morgan fingerprint density at radius 2 is 1.95 bits per heavy atom. The number of allylic oxidation sites excluding steroid dienone is 1. The lowest BCUT2D eigenvalue weighted by Gasteiger charge is -2.28. The third-order valence-electron chi connectivity index (χ3n) is 6.37. The van der Waals surface area contributed by atoms with Crippen molar-refractivity contribution in [3.05, 3.63) is 81.9 Å². The van der Waals surface area contributed by atoms with E-state index in [2.05, 4.69) is 15.3 Å². The molecule has 2 amide bonds. The molecule has 3 N–H and O–H groups in total. The van der Waals surface area contributed by atoms with Crippen molar-refractivity contribution in [2.45, 2.75) is 19.5 Å². The summed E-state index contributed by atoms with van der Waals surface area (Å²) < 4.78 is 61.0. The third kappa shape index (κ3) is 5.57. The maximum Gasteiger partial charge on any atom is 0.434 e. The molecule has 2 aromatic carbocycles. The molecule has 12 heteroatoms. The van der Waals surface area contributed by atoms with Crippen LogP contribution in [-0.2, 0) is 6.42 Å². The molecule has 1 aromatic heterocycles. The molecule has 1 unspecified atom stereocenters. The number of ether oxygens (including phenoxy) is 1. The van der Waals surface area contributed by atoms with Crippen LogP contribution in [-0.4, -0.2) is 42.3 Å². The molecule has 3 aromatic rings. The van der Waals surface area contributed by atoms with Crippen LogP contribution in [0, 0.1) is 23.1 Å². The molecule has 0 aliphatic carbocycles. The number of pyridine rings is 1. The number of nitrogens with zero attached hydrogens (tertiary/aromatic N) is 3. The van der Waals surface area contributed by atoms with Crippen molar-refractivity contribution in [1.82, 2.24) is 10.3 Å². The van der Waals surface area contributed by atoms with Gasteiger partial charge in [0.25, 0.3) is 11.8 Å². The number of hydrogen-bond acceptors (Lipinski definition) is 6. The van der Waals surface area contributed by atoms with Crippen molar-refractivity contribution in [3.8, 4) is 11.8 Å². The minimum Gasteiger partial charge on any atom is -0.496 e. The molecular weight excluding hydrogens is 518 g/mol. The van der Waals surface area contributed by atoms with E-state index in [-0.39, 0.29) is 40.7 Å². The molecule has 39 heavy (non-hydrogen) atoms. The van der Waals surface area contributed by atoms with Gasteiger partial charge in [0.2, 0.25) is 0 Å². The first-order chi connectivity index (χ1) is 18.4. The number of nitrogens with one attached hydrogen (secondary N) is 1. The topological polar surface area (TPSA) is 130 Å². The second-order valence-electron chi connectivity index (χ2n) is 8.82. The molecule has 0 saturated carbocycles. The van der Waals surface area contributed by atoms with Crippen LogP contribution in [0.3, 0.4) is 0 Å². The predicted molar refractivity (Wildman–Crippen MR) is 134 cm³/mol. The highest BCUT2D eigenvalue weighted by atomic mass is 19.4. The number of rotatable bonds is 6. The highest BCUT2D eigenvalue weighted by molar-refractivity contribution is 6.13. The van der Waals surface area contributed by atoms with E-state index in [0.29, 0.717) is 16.9 Å². The zero-order valence-electron chi connectivity index (χ0n) is 20.7. The van der Waals surface area contributed by atoms with Gasteiger partial charge in [0, 0.05) is 23.9 Å². The van der Waals surface area contributed by atoms with Gasteiger partial charge in [-0.1, -0.05) is 6.07 Å². The molecule has 1 atom stereocenters. The molecule has 4 rings (SSSR count). The fourth-order valence-corrected chi connectivity index (χ4v) is 4.36. The van der Waals surface area contributed by atoms with Gasteiger partial charge < -0.3 is 15.8 Å². The number of alkyl halides is 3. The fraction of sp³-hybridized carbons (Fsp3) is 0.222. The number of carbonyl (C=O) groups is 2. The van der Waals surface area contributed by atoms with Crippen LogP contribution in [0.4, 0.5) is 17.6 Å². The number of halogens is 4. The molecule has 0 fully saturated rings. The Morgan fingerprint density at radius 1 is 1.21 bits per heavy atom. The van der Waals surface area contributed by atoms with Crippen LogP contribution in [0.5, 0.6) is 5.75 Å². The average Bonchev–Trinajstić information content (AvgIpc) is 2.89. The zero-order valence-corrected chi connectivity index (χ0v) is 20.7. The summed E-state index contributed by atoms with van der Waals surface area (Å²) in [5.41, 5.74) is 4.10. The highest BCUT2D eigenvalue weighted by Gasteiger charge is 2.42. The molecule has 1 aliphatic rings. The maximum absolute atomic E-state index is 14.0. The Kier molecular flexibility index (Phi) is 7.36. The van der Waals surface area contributed by atoms with Gasteiger partial charge in [-0.25, -0.2) is 9.37 Å². The Morgan fingerprint density at radius 3 is 2.59 bits per heavy atom. The van der Waals surface area contributed by atoms with E-state index in [4.69, 9.17) is 15.7 Å². The van der Waals surface area contributed by atoms with E-state index < -0.39 is 41.1 Å². The third-order valence-corrected chi connectivity index (χ3v) is 6.37. The smallest absolute Gasteiger partial charge is 0.434 e. The van der Waals surface area contributed by atoms with E-state index in [1.807, 2.05) is 6.07 Å². The molecule has 0 saturated heterocycles. The standard InChI is InChI=1S/C27H21F4N5O3/c1-13-16(8-15-4-3-14(11-32)7-22(15)39-2)12-34-24(27(29,30)31)23(13)36-26(38)19-10-21(25(33)37)35-20-9-17(28)5-6-18(19)20/h3-7,9-10,16H,8,12H2,1-2H3,(H2,33,37)(H,36,38). The summed E-state index contributed by atoms with van der Waals surface area (Å²) in [6, 6.07) is 11.1. The number of aliphatic imine (C=N–C) groups is 1. The van der Waals surface area contributed by atoms with E-state index >= 15 is 0 Å². The zero-order chi connectivity index (χ0) is 28.5. The van der Waals surface area contributed by atoms with Gasteiger partial charge in [0.1, 0.15) is 17.3 Å². The van der Waals surface area contributed by atoms with Gasteiger partial charge in [0.15, 0.2) is 5.71 Å². The minimum atomic E-state index is -4.87. The van der Waals surface area contributed by atoms with Crippen LogP contribution in [0.15, 0.2) is 58.7 Å². The van der Waals surface area contributed by atoms with E-state index in [0.717, 1.165) is 18.2 Å². The van der Waals surface area contributed by atoms with Crippen LogP contribution < -0.4 is 15.8 Å². The van der Waals surface area contributed by atoms with Gasteiger partial charge >= 0.3 is 6.18 Å². The van der Waals surface area contributed by atoms with Gasteiger partial charge in [0.05, 0.1) is 35.5 Å². The van der Waals surface area contributed by atoms with Crippen LogP contribution in [0.1, 0.15) is 38.9 Å². The summed E-state index contributed by atoms with van der Waals surface area (Å²) in [5.74, 6) is -2.83. The summed E-state index contributed by atoms with van der Waals surface area (Å²) >= 11 is 0. The number of carbonyl (C=O) groups excluding carboxylic acids is 2. The quantitative estimate of drug-likeness (QED) is 0.453. The Labute approximate surface area is 219 Å². The first-order valence-electron chi connectivity index (χ1n) is 11.5. The minimum absolute atomic E-state index is 0.0682. The van der Waals surface area contributed by atoms with Crippen LogP contribution in [0.2, 0.25) is 0 Å². The van der Waals surface area contributed by atoms with Gasteiger partial charge in [-0.2, -0.15) is 18.4 Å². The summed E-state index contributed by atoms with van der Waals surface area (Å²) in [7, 11) is 1.42. The van der Waals surface area contributed by atoms with Crippen LogP contribution in [0.25, 0.3) is 10.9 Å². The van der Waals surface area contributed by atoms with Crippen molar-refractivity contribution >= 4 is 28.4 Å². The lowest BCUT2D eigenvalue weighted by atomic mass is 9.87. The number of amides is 2. The SMILES string of the molecule is COc1cc(C#N)ccc1CC1CN=C(C(F)(F)F)C(NC(=O)c2cc(C(N)=O)nc3cc(F)ccc23)=C1C. The lowest BCUT2D eigenvalue weighted by molar-refractivity contribution is -0.0589. The Bertz CT molecular complexity index is 1610. The van der Waals surface area contributed by atoms with Gasteiger partial charge in [-0.05, 0) is 54.8 Å². The normalized spacial score (nSPS) is 15.5. The molecule has 0 spiro atoms. The maximum atomic E-state index is 14.0. The first-order valence-corrected chi connectivity index (χ1v) is 11.5. The van der Waals surface area contributed by atoms with Gasteiger partial charge in [-0.3, -0.25) is 14.6 Å².